The summed E-state index contributed by atoms with van der Waals surface area (Å²) in [6, 6.07) is 1.52. The molecule has 3 rings (SSSR count). The van der Waals surface area contributed by atoms with E-state index in [0.717, 1.165) is 42.6 Å². The Balaban J connectivity index is 2.11. The molecule has 1 aliphatic carbocycles. The molecule has 0 saturated carbocycles. The van der Waals surface area contributed by atoms with Crippen LogP contribution in [0, 0.1) is 0 Å². The Bertz CT molecular complexity index is 605. The summed E-state index contributed by atoms with van der Waals surface area (Å²) in [6.45, 7) is 0. The predicted molar refractivity (Wildman–Crippen MR) is 68.0 cm³/mol. The number of nitrogens with zero attached hydrogens (tertiary/aromatic N) is 3. The van der Waals surface area contributed by atoms with Gasteiger partial charge in [0.1, 0.15) is 0 Å². The third-order valence-corrected chi connectivity index (χ3v) is 3.60. The minimum Gasteiger partial charge on any atom is -0.267 e. The van der Waals surface area contributed by atoms with Crippen LogP contribution in [0.5, 0.6) is 0 Å². The molecule has 19 heavy (non-hydrogen) atoms. The molecule has 2 aromatic rings. The first-order chi connectivity index (χ1) is 9.16. The molecule has 0 atom stereocenters. The zero-order chi connectivity index (χ0) is 13.4. The van der Waals surface area contributed by atoms with Crippen LogP contribution in [-0.2, 0) is 19.9 Å². The van der Waals surface area contributed by atoms with Crippen molar-refractivity contribution in [2.24, 2.45) is 7.05 Å². The average molecular weight is 263 g/mol. The quantitative estimate of drug-likeness (QED) is 0.832. The molecule has 0 radical (unpaired) electrons. The molecule has 0 saturated heterocycles. The Hall–Kier alpha value is -1.78. The van der Waals surface area contributed by atoms with Gasteiger partial charge in [-0.2, -0.15) is 5.10 Å². The van der Waals surface area contributed by atoms with Gasteiger partial charge in [-0.1, -0.05) is 0 Å². The molecule has 3 nitrogen and oxygen atoms in total. The van der Waals surface area contributed by atoms with E-state index < -0.39 is 6.43 Å². The summed E-state index contributed by atoms with van der Waals surface area (Å²) in [4.78, 5) is 3.93. The van der Waals surface area contributed by atoms with E-state index in [2.05, 4.69) is 10.1 Å². The fraction of sp³-hybridized carbons (Fsp3) is 0.429. The molecule has 0 spiro atoms. The lowest BCUT2D eigenvalue weighted by Gasteiger charge is -2.12. The van der Waals surface area contributed by atoms with Crippen molar-refractivity contribution in [3.05, 3.63) is 35.3 Å². The molecule has 0 aromatic carbocycles. The summed E-state index contributed by atoms with van der Waals surface area (Å²) in [5.41, 5.74) is 3.93. The number of aryl methyl sites for hydroxylation is 2. The normalized spacial score (nSPS) is 14.7. The van der Waals surface area contributed by atoms with Crippen LogP contribution in [0.3, 0.4) is 0 Å². The summed E-state index contributed by atoms with van der Waals surface area (Å²) >= 11 is 0. The van der Waals surface area contributed by atoms with Crippen molar-refractivity contribution in [2.75, 3.05) is 0 Å². The number of hydrogen-bond acceptors (Lipinski definition) is 2. The third-order valence-electron chi connectivity index (χ3n) is 3.60. The number of fused-ring (bicyclic) bond motifs is 1. The summed E-state index contributed by atoms with van der Waals surface area (Å²) in [6.07, 6.45) is 4.60. The third kappa shape index (κ3) is 2.13. The van der Waals surface area contributed by atoms with E-state index in [0.29, 0.717) is 0 Å². The topological polar surface area (TPSA) is 30.7 Å². The van der Waals surface area contributed by atoms with E-state index in [1.165, 1.54) is 17.8 Å². The van der Waals surface area contributed by atoms with E-state index in [4.69, 9.17) is 0 Å². The minimum atomic E-state index is -2.49. The Labute approximate surface area is 110 Å². The first-order valence-corrected chi connectivity index (χ1v) is 6.45. The highest BCUT2D eigenvalue weighted by Gasteiger charge is 2.21. The predicted octanol–water partition coefficient (Wildman–Crippen LogP) is 3.30. The lowest BCUT2D eigenvalue weighted by Crippen LogP contribution is -2.01. The van der Waals surface area contributed by atoms with Gasteiger partial charge in [-0.05, 0) is 31.7 Å². The van der Waals surface area contributed by atoms with E-state index in [9.17, 15) is 8.78 Å². The van der Waals surface area contributed by atoms with Crippen LogP contribution in [-0.4, -0.2) is 14.8 Å². The first kappa shape index (κ1) is 12.3. The van der Waals surface area contributed by atoms with Crippen LogP contribution in [0.2, 0.25) is 0 Å². The number of aromatic nitrogens is 3. The lowest BCUT2D eigenvalue weighted by molar-refractivity contribution is 0.151. The van der Waals surface area contributed by atoms with Crippen LogP contribution in [0.4, 0.5) is 8.78 Å². The maximum Gasteiger partial charge on any atom is 0.265 e. The van der Waals surface area contributed by atoms with Gasteiger partial charge in [-0.15, -0.1) is 0 Å². The molecule has 2 aromatic heterocycles. The van der Waals surface area contributed by atoms with Gasteiger partial charge >= 0.3 is 0 Å². The maximum absolute atomic E-state index is 12.8. The lowest BCUT2D eigenvalue weighted by atomic mass is 9.94. The molecule has 0 unspecified atom stereocenters. The van der Waals surface area contributed by atoms with Gasteiger partial charge in [0.15, 0.2) is 0 Å². The fourth-order valence-corrected chi connectivity index (χ4v) is 2.75. The highest BCUT2D eigenvalue weighted by atomic mass is 19.3. The second-order valence-electron chi connectivity index (χ2n) is 4.91. The highest BCUT2D eigenvalue weighted by molar-refractivity contribution is 5.65. The molecule has 5 heteroatoms. The standard InChI is InChI=1S/C14H15F2N3/c1-19-13(11-4-2-3-5-12(11)18-19)9-6-10(14(15)16)8-17-7-9/h6-8,14H,2-5H2,1H3. The molecule has 2 heterocycles. The van der Waals surface area contributed by atoms with Crippen molar-refractivity contribution in [3.63, 3.8) is 0 Å². The van der Waals surface area contributed by atoms with Gasteiger partial charge in [-0.3, -0.25) is 9.67 Å². The number of alkyl halides is 2. The molecular weight excluding hydrogens is 248 g/mol. The van der Waals surface area contributed by atoms with Gasteiger partial charge in [0.2, 0.25) is 0 Å². The van der Waals surface area contributed by atoms with Crippen molar-refractivity contribution >= 4 is 0 Å². The number of halogens is 2. The van der Waals surface area contributed by atoms with Crippen molar-refractivity contribution in [1.82, 2.24) is 14.8 Å². The van der Waals surface area contributed by atoms with Gasteiger partial charge in [0.25, 0.3) is 6.43 Å². The molecule has 0 amide bonds. The van der Waals surface area contributed by atoms with Crippen molar-refractivity contribution in [3.8, 4) is 11.3 Å². The van der Waals surface area contributed by atoms with Crippen LogP contribution >= 0.6 is 0 Å². The molecule has 100 valence electrons. The Morgan fingerprint density at radius 1 is 1.21 bits per heavy atom. The molecule has 1 aliphatic rings. The Kier molecular flexibility index (Phi) is 3.05. The van der Waals surface area contributed by atoms with Gasteiger partial charge in [-0.25, -0.2) is 8.78 Å². The largest absolute Gasteiger partial charge is 0.267 e. The van der Waals surface area contributed by atoms with Crippen molar-refractivity contribution in [1.29, 1.82) is 0 Å². The SMILES string of the molecule is Cn1nc2c(c1-c1cncc(C(F)F)c1)CCCC2. The molecule has 0 N–H and O–H groups in total. The van der Waals surface area contributed by atoms with Crippen molar-refractivity contribution in [2.45, 2.75) is 32.1 Å². The summed E-state index contributed by atoms with van der Waals surface area (Å²) < 4.78 is 27.3. The zero-order valence-corrected chi connectivity index (χ0v) is 10.7. The van der Waals surface area contributed by atoms with Gasteiger partial charge < -0.3 is 0 Å². The van der Waals surface area contributed by atoms with E-state index >= 15 is 0 Å². The van der Waals surface area contributed by atoms with Crippen LogP contribution in [0.15, 0.2) is 18.5 Å². The molecule has 0 fully saturated rings. The monoisotopic (exact) mass is 263 g/mol. The van der Waals surface area contributed by atoms with Crippen LogP contribution in [0.1, 0.15) is 36.1 Å². The number of rotatable bonds is 2. The smallest absolute Gasteiger partial charge is 0.265 e. The number of hydrogen-bond donors (Lipinski definition) is 0. The van der Waals surface area contributed by atoms with E-state index in [-0.39, 0.29) is 5.56 Å². The van der Waals surface area contributed by atoms with Gasteiger partial charge in [0, 0.05) is 36.1 Å². The molecule has 0 bridgehead atoms. The van der Waals surface area contributed by atoms with Gasteiger partial charge in [0.05, 0.1) is 11.4 Å². The summed E-state index contributed by atoms with van der Waals surface area (Å²) in [5, 5.41) is 4.50. The summed E-state index contributed by atoms with van der Waals surface area (Å²) in [7, 11) is 1.86. The van der Waals surface area contributed by atoms with E-state index in [1.54, 1.807) is 10.9 Å². The fourth-order valence-electron chi connectivity index (χ4n) is 2.75. The second kappa shape index (κ2) is 4.72. The Morgan fingerprint density at radius 3 is 2.79 bits per heavy atom. The number of pyridine rings is 1. The molecular formula is C14H15F2N3. The first-order valence-electron chi connectivity index (χ1n) is 6.45. The minimum absolute atomic E-state index is 0.0386. The zero-order valence-electron chi connectivity index (χ0n) is 10.7. The van der Waals surface area contributed by atoms with E-state index in [1.807, 2.05) is 7.05 Å². The van der Waals surface area contributed by atoms with Crippen molar-refractivity contribution < 1.29 is 8.78 Å². The summed E-state index contributed by atoms with van der Waals surface area (Å²) in [5.74, 6) is 0. The maximum atomic E-state index is 12.8. The van der Waals surface area contributed by atoms with Crippen LogP contribution < -0.4 is 0 Å². The second-order valence-corrected chi connectivity index (χ2v) is 4.91. The highest BCUT2D eigenvalue weighted by Crippen LogP contribution is 2.32. The van der Waals surface area contributed by atoms with Crippen LogP contribution in [0.25, 0.3) is 11.3 Å². The Morgan fingerprint density at radius 2 is 2.00 bits per heavy atom. The molecule has 0 aliphatic heterocycles. The average Bonchev–Trinajstić information content (AvgIpc) is 2.74.